The Balaban J connectivity index is 2.15. The molecule has 0 bridgehead atoms. The maximum Gasteiger partial charge on any atom is 0.0576 e. The fourth-order valence-electron chi connectivity index (χ4n) is 0.985. The normalized spacial score (nSPS) is 9.67. The summed E-state index contributed by atoms with van der Waals surface area (Å²) in [6, 6.07) is 7.77. The molecule has 0 atom stereocenters. The summed E-state index contributed by atoms with van der Waals surface area (Å²) in [5.74, 6) is 0. The minimum atomic E-state index is 1.03. The van der Waals surface area contributed by atoms with Crippen molar-refractivity contribution in [3.05, 3.63) is 49.1 Å². The summed E-state index contributed by atoms with van der Waals surface area (Å²) < 4.78 is 1.88. The van der Waals surface area contributed by atoms with Gasteiger partial charge in [-0.15, -0.1) is 0 Å². The van der Waals surface area contributed by atoms with Crippen LogP contribution < -0.4 is 5.43 Å². The Hall–Kier alpha value is -1.77. The van der Waals surface area contributed by atoms with Crippen LogP contribution in [0.3, 0.4) is 0 Å². The molecule has 60 valence electrons. The number of aromatic nitrogens is 2. The van der Waals surface area contributed by atoms with E-state index in [2.05, 4.69) is 10.4 Å². The van der Waals surface area contributed by atoms with Crippen molar-refractivity contribution >= 4 is 5.69 Å². The number of anilines is 1. The van der Waals surface area contributed by atoms with Crippen molar-refractivity contribution < 1.29 is 0 Å². The first kappa shape index (κ1) is 6.91. The second-order valence-corrected chi connectivity index (χ2v) is 2.44. The van der Waals surface area contributed by atoms with Crippen molar-refractivity contribution in [2.45, 2.75) is 0 Å². The summed E-state index contributed by atoms with van der Waals surface area (Å²) >= 11 is 0. The summed E-state index contributed by atoms with van der Waals surface area (Å²) in [7, 11) is 0. The molecular weight excluding hydrogens is 150 g/mol. The average Bonchev–Trinajstić information content (AvgIpc) is 2.59. The fourth-order valence-corrected chi connectivity index (χ4v) is 0.985. The SMILES string of the molecule is c1ccn(Nc2ccncc2)c1. The average molecular weight is 159 g/mol. The van der Waals surface area contributed by atoms with Gasteiger partial charge in [0.15, 0.2) is 0 Å². The molecule has 0 aliphatic rings. The van der Waals surface area contributed by atoms with Crippen LogP contribution >= 0.6 is 0 Å². The van der Waals surface area contributed by atoms with Crippen LogP contribution in [-0.4, -0.2) is 9.66 Å². The van der Waals surface area contributed by atoms with Gasteiger partial charge in [-0.3, -0.25) is 15.1 Å². The van der Waals surface area contributed by atoms with Gasteiger partial charge in [0.05, 0.1) is 5.69 Å². The van der Waals surface area contributed by atoms with E-state index < -0.39 is 0 Å². The molecule has 3 heteroatoms. The summed E-state index contributed by atoms with van der Waals surface area (Å²) in [5.41, 5.74) is 4.19. The molecule has 2 aromatic heterocycles. The molecule has 0 amide bonds. The van der Waals surface area contributed by atoms with Crippen LogP contribution in [-0.2, 0) is 0 Å². The van der Waals surface area contributed by atoms with E-state index in [9.17, 15) is 0 Å². The van der Waals surface area contributed by atoms with Crippen molar-refractivity contribution in [2.24, 2.45) is 0 Å². The Morgan fingerprint density at radius 1 is 1.08 bits per heavy atom. The number of hydrogen-bond donors (Lipinski definition) is 1. The number of pyridine rings is 1. The minimum Gasteiger partial charge on any atom is -0.295 e. The van der Waals surface area contributed by atoms with Gasteiger partial charge in [-0.2, -0.15) is 0 Å². The Bertz CT molecular complexity index is 326. The largest absolute Gasteiger partial charge is 0.295 e. The lowest BCUT2D eigenvalue weighted by molar-refractivity contribution is 0.969. The van der Waals surface area contributed by atoms with Crippen molar-refractivity contribution in [1.82, 2.24) is 9.66 Å². The summed E-state index contributed by atoms with van der Waals surface area (Å²) in [4.78, 5) is 3.93. The molecule has 0 radical (unpaired) electrons. The molecule has 0 aromatic carbocycles. The zero-order valence-electron chi connectivity index (χ0n) is 6.51. The fraction of sp³-hybridized carbons (Fsp3) is 0. The second kappa shape index (κ2) is 3.09. The van der Waals surface area contributed by atoms with Crippen LogP contribution in [0.25, 0.3) is 0 Å². The lowest BCUT2D eigenvalue weighted by Gasteiger charge is -2.05. The van der Waals surface area contributed by atoms with Crippen molar-refractivity contribution in [3.63, 3.8) is 0 Å². The van der Waals surface area contributed by atoms with Crippen molar-refractivity contribution in [2.75, 3.05) is 5.43 Å². The number of nitrogens with one attached hydrogen (secondary N) is 1. The lowest BCUT2D eigenvalue weighted by Crippen LogP contribution is -2.04. The highest BCUT2D eigenvalue weighted by Gasteiger charge is 1.88. The third-order valence-corrected chi connectivity index (χ3v) is 1.54. The van der Waals surface area contributed by atoms with Gasteiger partial charge in [0.25, 0.3) is 0 Å². The molecule has 0 unspecified atom stereocenters. The second-order valence-electron chi connectivity index (χ2n) is 2.44. The molecule has 12 heavy (non-hydrogen) atoms. The van der Waals surface area contributed by atoms with Crippen LogP contribution in [0, 0.1) is 0 Å². The minimum absolute atomic E-state index is 1.03. The van der Waals surface area contributed by atoms with Crippen molar-refractivity contribution in [1.29, 1.82) is 0 Å². The molecular formula is C9H9N3. The molecule has 0 aliphatic carbocycles. The lowest BCUT2D eigenvalue weighted by atomic mass is 10.4. The maximum atomic E-state index is 3.93. The first-order valence-electron chi connectivity index (χ1n) is 3.75. The van der Waals surface area contributed by atoms with Gasteiger partial charge in [-0.1, -0.05) is 0 Å². The molecule has 0 spiro atoms. The van der Waals surface area contributed by atoms with E-state index in [-0.39, 0.29) is 0 Å². The summed E-state index contributed by atoms with van der Waals surface area (Å²) in [5, 5.41) is 0. The van der Waals surface area contributed by atoms with Gasteiger partial charge in [-0.25, -0.2) is 0 Å². The summed E-state index contributed by atoms with van der Waals surface area (Å²) in [6.45, 7) is 0. The van der Waals surface area contributed by atoms with Crippen LogP contribution in [0.4, 0.5) is 5.69 Å². The van der Waals surface area contributed by atoms with Gasteiger partial charge < -0.3 is 0 Å². The van der Waals surface area contributed by atoms with E-state index in [0.29, 0.717) is 0 Å². The number of rotatable bonds is 2. The molecule has 0 saturated heterocycles. The van der Waals surface area contributed by atoms with Gasteiger partial charge in [-0.05, 0) is 24.3 Å². The molecule has 0 fully saturated rings. The van der Waals surface area contributed by atoms with Gasteiger partial charge in [0, 0.05) is 24.8 Å². The Kier molecular flexibility index (Phi) is 1.78. The molecule has 0 saturated carbocycles. The van der Waals surface area contributed by atoms with E-state index in [1.165, 1.54) is 0 Å². The Morgan fingerprint density at radius 2 is 1.75 bits per heavy atom. The molecule has 0 aliphatic heterocycles. The standard InChI is InChI=1S/C9H9N3/c1-2-8-12(7-1)11-9-3-5-10-6-4-9/h1-8H,(H,10,11). The Morgan fingerprint density at radius 3 is 2.42 bits per heavy atom. The first-order valence-corrected chi connectivity index (χ1v) is 3.75. The highest BCUT2D eigenvalue weighted by molar-refractivity contribution is 5.40. The van der Waals surface area contributed by atoms with Crippen LogP contribution in [0.5, 0.6) is 0 Å². The zero-order valence-corrected chi connectivity index (χ0v) is 6.51. The van der Waals surface area contributed by atoms with Gasteiger partial charge >= 0.3 is 0 Å². The smallest absolute Gasteiger partial charge is 0.0576 e. The van der Waals surface area contributed by atoms with E-state index in [0.717, 1.165) is 5.69 Å². The van der Waals surface area contributed by atoms with Crippen LogP contribution in [0.1, 0.15) is 0 Å². The Labute approximate surface area is 70.6 Å². The van der Waals surface area contributed by atoms with E-state index in [4.69, 9.17) is 0 Å². The summed E-state index contributed by atoms with van der Waals surface area (Å²) in [6.07, 6.45) is 7.40. The van der Waals surface area contributed by atoms with Crippen molar-refractivity contribution in [3.8, 4) is 0 Å². The predicted octanol–water partition coefficient (Wildman–Crippen LogP) is 1.76. The predicted molar refractivity (Wildman–Crippen MR) is 47.7 cm³/mol. The highest BCUT2D eigenvalue weighted by atomic mass is 15.4. The molecule has 1 N–H and O–H groups in total. The zero-order chi connectivity index (χ0) is 8.23. The first-order chi connectivity index (χ1) is 5.95. The van der Waals surface area contributed by atoms with Gasteiger partial charge in [0.1, 0.15) is 0 Å². The molecule has 2 rings (SSSR count). The number of nitrogens with zero attached hydrogens (tertiary/aromatic N) is 2. The molecule has 2 heterocycles. The topological polar surface area (TPSA) is 29.9 Å². The molecule has 3 nitrogen and oxygen atoms in total. The quantitative estimate of drug-likeness (QED) is 0.723. The van der Waals surface area contributed by atoms with E-state index >= 15 is 0 Å². The highest BCUT2D eigenvalue weighted by Crippen LogP contribution is 2.03. The molecule has 2 aromatic rings. The van der Waals surface area contributed by atoms with Gasteiger partial charge in [0.2, 0.25) is 0 Å². The van der Waals surface area contributed by atoms with Crippen LogP contribution in [0.2, 0.25) is 0 Å². The third-order valence-electron chi connectivity index (χ3n) is 1.54. The monoisotopic (exact) mass is 159 g/mol. The third kappa shape index (κ3) is 1.45. The van der Waals surface area contributed by atoms with E-state index in [1.807, 2.05) is 41.3 Å². The number of hydrogen-bond acceptors (Lipinski definition) is 2. The van der Waals surface area contributed by atoms with E-state index in [1.54, 1.807) is 12.4 Å². The maximum absolute atomic E-state index is 3.93. The van der Waals surface area contributed by atoms with Crippen LogP contribution in [0.15, 0.2) is 49.1 Å².